The quantitative estimate of drug-likeness (QED) is 0.875. The molecule has 0 unspecified atom stereocenters. The lowest BCUT2D eigenvalue weighted by atomic mass is 10.2. The molecule has 0 aliphatic rings. The van der Waals surface area contributed by atoms with Crippen molar-refractivity contribution in [2.75, 3.05) is 13.7 Å². The fourth-order valence-corrected chi connectivity index (χ4v) is 1.63. The summed E-state index contributed by atoms with van der Waals surface area (Å²) in [6.45, 7) is -0.0997. The van der Waals surface area contributed by atoms with E-state index in [0.29, 0.717) is 17.3 Å². The van der Waals surface area contributed by atoms with Crippen molar-refractivity contribution in [3.63, 3.8) is 0 Å². The van der Waals surface area contributed by atoms with Crippen LogP contribution in [0.1, 0.15) is 11.3 Å². The summed E-state index contributed by atoms with van der Waals surface area (Å²) >= 11 is 0. The van der Waals surface area contributed by atoms with Gasteiger partial charge in [-0.05, 0) is 18.2 Å². The Balaban J connectivity index is 2.04. The fourth-order valence-electron chi connectivity index (χ4n) is 1.63. The van der Waals surface area contributed by atoms with E-state index in [1.54, 1.807) is 24.3 Å². The largest absolute Gasteiger partial charge is 0.487 e. The summed E-state index contributed by atoms with van der Waals surface area (Å²) in [5, 5.41) is 8.59. The van der Waals surface area contributed by atoms with Gasteiger partial charge in [0, 0.05) is 12.1 Å². The molecule has 108 valence electrons. The first kappa shape index (κ1) is 14.8. The van der Waals surface area contributed by atoms with E-state index in [4.69, 9.17) is 14.6 Å². The topological polar surface area (TPSA) is 51.6 Å². The lowest BCUT2D eigenvalue weighted by molar-refractivity contribution is 0.296. The molecule has 0 amide bonds. The highest BCUT2D eigenvalue weighted by Crippen LogP contribution is 2.17. The van der Waals surface area contributed by atoms with Gasteiger partial charge in [-0.15, -0.1) is 0 Å². The second-order valence-corrected chi connectivity index (χ2v) is 4.06. The Morgan fingerprint density at radius 2 is 2.14 bits per heavy atom. The molecular formula is C16H14FNO3. The van der Waals surface area contributed by atoms with Crippen LogP contribution in [0.4, 0.5) is 4.39 Å². The first-order valence-electron chi connectivity index (χ1n) is 6.25. The Kier molecular flexibility index (Phi) is 5.13. The average Bonchev–Trinajstić information content (AvgIpc) is 2.52. The van der Waals surface area contributed by atoms with E-state index in [0.717, 1.165) is 0 Å². The number of methoxy groups -OCH3 is 1. The minimum atomic E-state index is -0.493. The van der Waals surface area contributed by atoms with Crippen LogP contribution in [-0.2, 0) is 6.61 Å². The molecule has 4 nitrogen and oxygen atoms in total. The molecular weight excluding hydrogens is 273 g/mol. The van der Waals surface area contributed by atoms with Gasteiger partial charge in [-0.3, -0.25) is 0 Å². The van der Waals surface area contributed by atoms with Gasteiger partial charge in [-0.25, -0.2) is 9.37 Å². The van der Waals surface area contributed by atoms with Crippen molar-refractivity contribution in [1.82, 2.24) is 4.98 Å². The predicted molar refractivity (Wildman–Crippen MR) is 75.5 cm³/mol. The van der Waals surface area contributed by atoms with E-state index in [-0.39, 0.29) is 18.8 Å². The molecule has 0 atom stereocenters. The van der Waals surface area contributed by atoms with Crippen molar-refractivity contribution in [1.29, 1.82) is 0 Å². The van der Waals surface area contributed by atoms with Crippen LogP contribution in [0.25, 0.3) is 0 Å². The van der Waals surface area contributed by atoms with Gasteiger partial charge in [0.1, 0.15) is 24.8 Å². The van der Waals surface area contributed by atoms with E-state index in [1.807, 2.05) is 0 Å². The number of aliphatic hydroxyl groups is 1. The van der Waals surface area contributed by atoms with E-state index < -0.39 is 5.82 Å². The van der Waals surface area contributed by atoms with Gasteiger partial charge in [0.15, 0.2) is 0 Å². The molecule has 2 rings (SSSR count). The molecule has 0 saturated heterocycles. The van der Waals surface area contributed by atoms with Crippen LogP contribution < -0.4 is 9.47 Å². The molecule has 0 saturated carbocycles. The van der Waals surface area contributed by atoms with Crippen molar-refractivity contribution in [3.8, 4) is 23.5 Å². The number of aromatic nitrogens is 1. The van der Waals surface area contributed by atoms with Crippen LogP contribution in [0.2, 0.25) is 0 Å². The Bertz CT molecular complexity index is 677. The van der Waals surface area contributed by atoms with Crippen molar-refractivity contribution < 1.29 is 19.0 Å². The van der Waals surface area contributed by atoms with Crippen LogP contribution >= 0.6 is 0 Å². The average molecular weight is 287 g/mol. The molecule has 1 N–H and O–H groups in total. The number of benzene rings is 1. The van der Waals surface area contributed by atoms with Crippen molar-refractivity contribution >= 4 is 0 Å². The second-order valence-electron chi connectivity index (χ2n) is 4.06. The zero-order chi connectivity index (χ0) is 15.1. The van der Waals surface area contributed by atoms with Crippen molar-refractivity contribution in [2.24, 2.45) is 0 Å². The summed E-state index contributed by atoms with van der Waals surface area (Å²) in [6.07, 6.45) is 0. The number of aliphatic hydroxyl groups excluding tert-OH is 1. The van der Waals surface area contributed by atoms with E-state index in [1.165, 1.54) is 19.2 Å². The maximum absolute atomic E-state index is 13.7. The Hall–Kier alpha value is -2.58. The summed E-state index contributed by atoms with van der Waals surface area (Å²) in [7, 11) is 1.54. The van der Waals surface area contributed by atoms with Crippen LogP contribution in [0.3, 0.4) is 0 Å². The van der Waals surface area contributed by atoms with Gasteiger partial charge in [-0.2, -0.15) is 0 Å². The van der Waals surface area contributed by atoms with E-state index >= 15 is 0 Å². The molecule has 0 radical (unpaired) electrons. The molecule has 5 heteroatoms. The maximum Gasteiger partial charge on any atom is 0.213 e. The molecule has 0 aliphatic heterocycles. The van der Waals surface area contributed by atoms with Crippen LogP contribution in [-0.4, -0.2) is 23.8 Å². The lowest BCUT2D eigenvalue weighted by Crippen LogP contribution is -2.00. The molecule has 1 heterocycles. The number of ether oxygens (including phenoxy) is 2. The predicted octanol–water partition coefficient (Wildman–Crippen LogP) is 2.15. The summed E-state index contributed by atoms with van der Waals surface area (Å²) in [6, 6.07) is 9.70. The van der Waals surface area contributed by atoms with E-state index in [2.05, 4.69) is 16.8 Å². The van der Waals surface area contributed by atoms with E-state index in [9.17, 15) is 4.39 Å². The minimum absolute atomic E-state index is 0.207. The van der Waals surface area contributed by atoms with Crippen LogP contribution in [0.5, 0.6) is 11.6 Å². The summed E-state index contributed by atoms with van der Waals surface area (Å²) in [5.41, 5.74) is 0.898. The first-order chi connectivity index (χ1) is 10.2. The standard InChI is InChI=1S/C16H14FNO3/c1-20-16-6-2-5-13(18-16)11-21-14-8-7-12(4-3-9-19)15(17)10-14/h2,5-8,10,19H,9,11H2,1H3. The molecule has 21 heavy (non-hydrogen) atoms. The summed E-state index contributed by atoms with van der Waals surface area (Å²) < 4.78 is 24.2. The summed E-state index contributed by atoms with van der Waals surface area (Å²) in [5.74, 6) is 5.30. The Labute approximate surface area is 122 Å². The normalized spacial score (nSPS) is 9.67. The molecule has 0 fully saturated rings. The third-order valence-electron chi connectivity index (χ3n) is 2.62. The zero-order valence-electron chi connectivity index (χ0n) is 11.5. The number of nitrogens with zero attached hydrogens (tertiary/aromatic N) is 1. The number of hydrogen-bond donors (Lipinski definition) is 1. The molecule has 0 spiro atoms. The molecule has 1 aromatic carbocycles. The van der Waals surface area contributed by atoms with Crippen molar-refractivity contribution in [2.45, 2.75) is 6.61 Å². The Morgan fingerprint density at radius 1 is 1.29 bits per heavy atom. The van der Waals surface area contributed by atoms with Crippen LogP contribution in [0, 0.1) is 17.7 Å². The van der Waals surface area contributed by atoms with Gasteiger partial charge >= 0.3 is 0 Å². The van der Waals surface area contributed by atoms with Gasteiger partial charge in [-0.1, -0.05) is 17.9 Å². The number of pyridine rings is 1. The highest BCUT2D eigenvalue weighted by molar-refractivity contribution is 5.39. The zero-order valence-corrected chi connectivity index (χ0v) is 11.5. The number of halogens is 1. The smallest absolute Gasteiger partial charge is 0.213 e. The molecule has 1 aromatic heterocycles. The molecule has 2 aromatic rings. The first-order valence-corrected chi connectivity index (χ1v) is 6.25. The summed E-state index contributed by atoms with van der Waals surface area (Å²) in [4.78, 5) is 4.20. The molecule has 0 aliphatic carbocycles. The van der Waals surface area contributed by atoms with Crippen molar-refractivity contribution in [3.05, 3.63) is 53.5 Å². The van der Waals surface area contributed by atoms with Gasteiger partial charge < -0.3 is 14.6 Å². The highest BCUT2D eigenvalue weighted by atomic mass is 19.1. The third kappa shape index (κ3) is 4.20. The fraction of sp³-hybridized carbons (Fsp3) is 0.188. The second kappa shape index (κ2) is 7.27. The number of hydrogen-bond acceptors (Lipinski definition) is 4. The van der Waals surface area contributed by atoms with Crippen LogP contribution in [0.15, 0.2) is 36.4 Å². The van der Waals surface area contributed by atoms with Gasteiger partial charge in [0.2, 0.25) is 5.88 Å². The number of rotatable bonds is 4. The van der Waals surface area contributed by atoms with Gasteiger partial charge in [0.05, 0.1) is 18.4 Å². The van der Waals surface area contributed by atoms with Gasteiger partial charge in [0.25, 0.3) is 0 Å². The highest BCUT2D eigenvalue weighted by Gasteiger charge is 2.04. The lowest BCUT2D eigenvalue weighted by Gasteiger charge is -2.07. The SMILES string of the molecule is COc1cccc(COc2ccc(C#CCO)c(F)c2)n1. The monoisotopic (exact) mass is 287 g/mol. The molecule has 0 bridgehead atoms. The minimum Gasteiger partial charge on any atom is -0.487 e. The Morgan fingerprint density at radius 3 is 2.86 bits per heavy atom. The third-order valence-corrected chi connectivity index (χ3v) is 2.62. The maximum atomic E-state index is 13.7.